The molecule has 0 saturated heterocycles. The van der Waals surface area contributed by atoms with E-state index in [1.165, 1.54) is 12.1 Å². The molecule has 13 nitrogen and oxygen atoms in total. The maximum absolute atomic E-state index is 13.2. The minimum atomic E-state index is -1.59. The van der Waals surface area contributed by atoms with Gasteiger partial charge in [0.1, 0.15) is 11.1 Å². The summed E-state index contributed by atoms with van der Waals surface area (Å²) < 4.78 is 21.5. The second-order valence-corrected chi connectivity index (χ2v) is 14.1. The standard InChI is InChI=1S/C35H49N5O8/c1-6-19-14-34(4,15-19)8-10-45-30(41)24-26(39)18(3)12-22(37)28(24)47-32(43)33(44)48-29-23(38)13-21(36)27(40)25(29)31(42)46-11-9-35(5)16-20(7-2)17-35/h12-13,19-20H,6-11,14-17,36-40H2,1-5H3. The summed E-state index contributed by atoms with van der Waals surface area (Å²) in [5, 5.41) is 0. The van der Waals surface area contributed by atoms with E-state index < -0.39 is 40.9 Å². The van der Waals surface area contributed by atoms with Crippen LogP contribution in [0.4, 0.5) is 28.4 Å². The molecule has 2 aliphatic rings. The van der Waals surface area contributed by atoms with E-state index in [0.717, 1.165) is 38.5 Å². The van der Waals surface area contributed by atoms with Crippen molar-refractivity contribution in [2.75, 3.05) is 41.9 Å². The number of benzene rings is 2. The fraction of sp³-hybridized carbons (Fsp3) is 0.543. The van der Waals surface area contributed by atoms with Gasteiger partial charge in [-0.1, -0.05) is 40.5 Å². The van der Waals surface area contributed by atoms with E-state index in [4.69, 9.17) is 47.6 Å². The Labute approximate surface area is 281 Å². The van der Waals surface area contributed by atoms with Gasteiger partial charge in [-0.3, -0.25) is 0 Å². The van der Waals surface area contributed by atoms with Gasteiger partial charge >= 0.3 is 23.9 Å². The van der Waals surface area contributed by atoms with E-state index in [1.807, 2.05) is 0 Å². The lowest BCUT2D eigenvalue weighted by molar-refractivity contribution is -0.156. The highest BCUT2D eigenvalue weighted by Gasteiger charge is 2.40. The number of anilines is 5. The lowest BCUT2D eigenvalue weighted by atomic mass is 9.61. The Balaban J connectivity index is 1.47. The summed E-state index contributed by atoms with van der Waals surface area (Å²) >= 11 is 0. The molecular weight excluding hydrogens is 618 g/mol. The molecule has 48 heavy (non-hydrogen) atoms. The summed E-state index contributed by atoms with van der Waals surface area (Å²) in [6.07, 6.45) is 7.65. The van der Waals surface area contributed by atoms with Gasteiger partial charge in [0.15, 0.2) is 11.5 Å². The van der Waals surface area contributed by atoms with Crippen LogP contribution in [0, 0.1) is 29.6 Å². The molecule has 2 aliphatic carbocycles. The second kappa shape index (κ2) is 14.2. The van der Waals surface area contributed by atoms with Gasteiger partial charge in [0.05, 0.1) is 41.7 Å². The van der Waals surface area contributed by atoms with Crippen molar-refractivity contribution < 1.29 is 38.1 Å². The number of hydrogen-bond donors (Lipinski definition) is 5. The quantitative estimate of drug-likeness (QED) is 0.0852. The van der Waals surface area contributed by atoms with E-state index in [2.05, 4.69) is 27.7 Å². The van der Waals surface area contributed by atoms with Gasteiger partial charge in [0.2, 0.25) is 0 Å². The zero-order valence-electron chi connectivity index (χ0n) is 28.5. The molecule has 13 heteroatoms. The smallest absolute Gasteiger partial charge is 0.423 e. The van der Waals surface area contributed by atoms with Crippen LogP contribution in [0.2, 0.25) is 0 Å². The fourth-order valence-corrected chi connectivity index (χ4v) is 7.03. The van der Waals surface area contributed by atoms with E-state index >= 15 is 0 Å². The third-order valence-corrected chi connectivity index (χ3v) is 10.1. The van der Waals surface area contributed by atoms with Gasteiger partial charge < -0.3 is 47.6 Å². The Hall–Kier alpha value is -4.68. The molecule has 2 aromatic carbocycles. The van der Waals surface area contributed by atoms with Crippen LogP contribution < -0.4 is 38.1 Å². The first kappa shape index (κ1) is 36.2. The van der Waals surface area contributed by atoms with Crippen molar-refractivity contribution in [3.63, 3.8) is 0 Å². The Kier molecular flexibility index (Phi) is 10.7. The number of carbonyl (C=O) groups is 4. The predicted octanol–water partition coefficient (Wildman–Crippen LogP) is 5.16. The SMILES string of the molecule is CCC1CC(C)(CCOC(=O)c2c(N)c(C)cc(N)c2OC(=O)C(=O)Oc2c(N)cc(N)c(N)c2C(=O)OCCC2(C)CC(CC)C2)C1. The van der Waals surface area contributed by atoms with Gasteiger partial charge in [-0.25, -0.2) is 19.2 Å². The van der Waals surface area contributed by atoms with Crippen molar-refractivity contribution >= 4 is 52.3 Å². The summed E-state index contributed by atoms with van der Waals surface area (Å²) in [5.74, 6) is -4.64. The van der Waals surface area contributed by atoms with Crippen LogP contribution in [0.25, 0.3) is 0 Å². The molecule has 0 heterocycles. The van der Waals surface area contributed by atoms with E-state index in [1.54, 1.807) is 6.92 Å². The van der Waals surface area contributed by atoms with E-state index in [-0.39, 0.29) is 58.0 Å². The maximum atomic E-state index is 13.2. The van der Waals surface area contributed by atoms with Crippen molar-refractivity contribution in [1.29, 1.82) is 0 Å². The highest BCUT2D eigenvalue weighted by Crippen LogP contribution is 2.50. The fourth-order valence-electron chi connectivity index (χ4n) is 7.03. The highest BCUT2D eigenvalue weighted by molar-refractivity contribution is 6.31. The van der Waals surface area contributed by atoms with Gasteiger partial charge in [-0.2, -0.15) is 0 Å². The maximum Gasteiger partial charge on any atom is 0.423 e. The molecule has 0 spiro atoms. The first-order valence-corrected chi connectivity index (χ1v) is 16.5. The van der Waals surface area contributed by atoms with Gasteiger partial charge in [0, 0.05) is 0 Å². The third-order valence-electron chi connectivity index (χ3n) is 10.1. The number of aryl methyl sites for hydroxylation is 1. The zero-order chi connectivity index (χ0) is 35.6. The van der Waals surface area contributed by atoms with Gasteiger partial charge in [-0.05, 0) is 85.8 Å². The summed E-state index contributed by atoms with van der Waals surface area (Å²) in [6.45, 7) is 10.4. The number of rotatable bonds is 12. The molecule has 4 rings (SSSR count). The summed E-state index contributed by atoms with van der Waals surface area (Å²) in [4.78, 5) is 52.5. The van der Waals surface area contributed by atoms with Crippen molar-refractivity contribution in [3.8, 4) is 11.5 Å². The lowest BCUT2D eigenvalue weighted by Crippen LogP contribution is -2.35. The highest BCUT2D eigenvalue weighted by atomic mass is 16.6. The number of nitrogens with two attached hydrogens (primary N) is 5. The topological polar surface area (TPSA) is 235 Å². The van der Waals surface area contributed by atoms with Gasteiger partial charge in [-0.15, -0.1) is 0 Å². The summed E-state index contributed by atoms with van der Waals surface area (Å²) in [6, 6.07) is 2.57. The number of esters is 4. The molecule has 0 unspecified atom stereocenters. The Morgan fingerprint density at radius 1 is 0.667 bits per heavy atom. The van der Waals surface area contributed by atoms with Crippen LogP contribution >= 0.6 is 0 Å². The second-order valence-electron chi connectivity index (χ2n) is 14.1. The van der Waals surface area contributed by atoms with Crippen molar-refractivity contribution in [1.82, 2.24) is 0 Å². The molecule has 2 fully saturated rings. The van der Waals surface area contributed by atoms with Crippen LogP contribution in [-0.2, 0) is 19.1 Å². The number of carbonyl (C=O) groups excluding carboxylic acids is 4. The molecule has 2 saturated carbocycles. The van der Waals surface area contributed by atoms with Crippen molar-refractivity contribution in [2.24, 2.45) is 22.7 Å². The molecule has 0 atom stereocenters. The van der Waals surface area contributed by atoms with E-state index in [9.17, 15) is 19.2 Å². The first-order valence-electron chi connectivity index (χ1n) is 16.5. The van der Waals surface area contributed by atoms with Crippen molar-refractivity contribution in [2.45, 2.75) is 86.0 Å². The number of hydrogen-bond acceptors (Lipinski definition) is 13. The Morgan fingerprint density at radius 2 is 1.06 bits per heavy atom. The van der Waals surface area contributed by atoms with Crippen LogP contribution in [0.3, 0.4) is 0 Å². The molecule has 0 aliphatic heterocycles. The molecule has 0 aromatic heterocycles. The Bertz CT molecular complexity index is 1480. The van der Waals surface area contributed by atoms with Gasteiger partial charge in [0.25, 0.3) is 0 Å². The Morgan fingerprint density at radius 3 is 1.48 bits per heavy atom. The normalized spacial score (nSPS) is 22.9. The zero-order valence-corrected chi connectivity index (χ0v) is 28.5. The number of nitrogen functional groups attached to an aromatic ring is 5. The third kappa shape index (κ3) is 7.71. The summed E-state index contributed by atoms with van der Waals surface area (Å²) in [5.41, 5.74) is 29.5. The van der Waals surface area contributed by atoms with Crippen LogP contribution in [0.15, 0.2) is 12.1 Å². The molecule has 2 aromatic rings. The largest absolute Gasteiger partial charge is 0.462 e. The molecule has 10 N–H and O–H groups in total. The minimum absolute atomic E-state index is 0.0344. The predicted molar refractivity (Wildman–Crippen MR) is 183 cm³/mol. The number of ether oxygens (including phenoxy) is 4. The molecular formula is C35H49N5O8. The summed E-state index contributed by atoms with van der Waals surface area (Å²) in [7, 11) is 0. The van der Waals surface area contributed by atoms with Crippen molar-refractivity contribution in [3.05, 3.63) is 28.8 Å². The van der Waals surface area contributed by atoms with Crippen LogP contribution in [0.1, 0.15) is 105 Å². The average molecular weight is 668 g/mol. The van der Waals surface area contributed by atoms with Crippen LogP contribution in [0.5, 0.6) is 11.5 Å². The molecule has 262 valence electrons. The first-order chi connectivity index (χ1) is 22.5. The molecule has 0 radical (unpaired) electrons. The molecule has 0 bridgehead atoms. The monoisotopic (exact) mass is 667 g/mol. The van der Waals surface area contributed by atoms with E-state index in [0.29, 0.717) is 30.2 Å². The average Bonchev–Trinajstić information content (AvgIpc) is 2.99. The molecule has 0 amide bonds. The minimum Gasteiger partial charge on any atom is -0.462 e. The van der Waals surface area contributed by atoms with Crippen LogP contribution in [-0.4, -0.2) is 37.1 Å². The lowest BCUT2D eigenvalue weighted by Gasteiger charge is -2.45.